The minimum absolute atomic E-state index is 0.0368. The van der Waals surface area contributed by atoms with Crippen molar-refractivity contribution in [2.24, 2.45) is 0 Å². The molecule has 0 amide bonds. The van der Waals surface area contributed by atoms with Crippen LogP contribution < -0.4 is 0 Å². The summed E-state index contributed by atoms with van der Waals surface area (Å²) >= 11 is 0. The lowest BCUT2D eigenvalue weighted by Crippen LogP contribution is -2.20. The van der Waals surface area contributed by atoms with Gasteiger partial charge in [-0.3, -0.25) is 0 Å². The Morgan fingerprint density at radius 1 is 1.12 bits per heavy atom. The quantitative estimate of drug-likeness (QED) is 0.714. The summed E-state index contributed by atoms with van der Waals surface area (Å²) in [7, 11) is 0. The molecule has 132 valence electrons. The molecular weight excluding hydrogens is 347 g/mol. The zero-order chi connectivity index (χ0) is 18.6. The Hall–Kier alpha value is -3.09. The SMILES string of the molecule is O=C(O)c1c(O)c(C2Cc3ccccc32)nc2c(C(F)(F)F)cccc12. The molecule has 7 heteroatoms. The number of rotatable bonds is 2. The average Bonchev–Trinajstić information content (AvgIpc) is 2.54. The van der Waals surface area contributed by atoms with E-state index in [1.807, 2.05) is 12.1 Å². The topological polar surface area (TPSA) is 70.4 Å². The number of benzene rings is 2. The van der Waals surface area contributed by atoms with Gasteiger partial charge in [-0.05, 0) is 23.6 Å². The summed E-state index contributed by atoms with van der Waals surface area (Å²) in [5.41, 5.74) is -0.248. The Kier molecular flexibility index (Phi) is 3.44. The molecule has 0 bridgehead atoms. The van der Waals surface area contributed by atoms with Crippen LogP contribution in [0.5, 0.6) is 5.75 Å². The van der Waals surface area contributed by atoms with Crippen LogP contribution in [0.4, 0.5) is 13.2 Å². The Morgan fingerprint density at radius 3 is 2.50 bits per heavy atom. The lowest BCUT2D eigenvalue weighted by Gasteiger charge is -2.30. The molecule has 0 saturated heterocycles. The van der Waals surface area contributed by atoms with E-state index in [0.717, 1.165) is 23.3 Å². The molecule has 4 nitrogen and oxygen atoms in total. The molecule has 1 aliphatic rings. The third-order valence-electron chi connectivity index (χ3n) is 4.72. The maximum absolute atomic E-state index is 13.4. The summed E-state index contributed by atoms with van der Waals surface area (Å²) in [5.74, 6) is -2.51. The second-order valence-corrected chi connectivity index (χ2v) is 6.18. The Bertz CT molecular complexity index is 1060. The van der Waals surface area contributed by atoms with E-state index in [9.17, 15) is 28.2 Å². The van der Waals surface area contributed by atoms with Crippen molar-refractivity contribution in [2.45, 2.75) is 18.5 Å². The molecule has 1 unspecified atom stereocenters. The fourth-order valence-electron chi connectivity index (χ4n) is 3.49. The molecule has 4 rings (SSSR count). The fraction of sp³-hybridized carbons (Fsp3) is 0.158. The van der Waals surface area contributed by atoms with Gasteiger partial charge >= 0.3 is 12.1 Å². The lowest BCUT2D eigenvalue weighted by atomic mass is 9.75. The molecule has 0 spiro atoms. The summed E-state index contributed by atoms with van der Waals surface area (Å²) in [4.78, 5) is 15.7. The van der Waals surface area contributed by atoms with E-state index < -0.39 is 40.5 Å². The number of carboxylic acids is 1. The number of pyridine rings is 1. The van der Waals surface area contributed by atoms with Gasteiger partial charge in [-0.25, -0.2) is 9.78 Å². The molecule has 2 N–H and O–H groups in total. The summed E-state index contributed by atoms with van der Waals surface area (Å²) in [6, 6.07) is 10.5. The number of fused-ring (bicyclic) bond motifs is 2. The Morgan fingerprint density at radius 2 is 1.85 bits per heavy atom. The number of halogens is 3. The average molecular weight is 359 g/mol. The molecule has 3 aromatic rings. The van der Waals surface area contributed by atoms with Gasteiger partial charge in [-0.2, -0.15) is 13.2 Å². The van der Waals surface area contributed by atoms with E-state index in [0.29, 0.717) is 6.42 Å². The van der Waals surface area contributed by atoms with Crippen LogP contribution in [0.1, 0.15) is 38.7 Å². The van der Waals surface area contributed by atoms with Gasteiger partial charge in [0.2, 0.25) is 0 Å². The van der Waals surface area contributed by atoms with Crippen LogP contribution in [-0.2, 0) is 12.6 Å². The maximum Gasteiger partial charge on any atom is 0.418 e. The van der Waals surface area contributed by atoms with Crippen LogP contribution in [0.2, 0.25) is 0 Å². The van der Waals surface area contributed by atoms with Crippen molar-refractivity contribution >= 4 is 16.9 Å². The first kappa shape index (κ1) is 16.4. The van der Waals surface area contributed by atoms with E-state index >= 15 is 0 Å². The molecular formula is C19H12F3NO3. The highest BCUT2D eigenvalue weighted by atomic mass is 19.4. The number of carboxylic acid groups (broad SMARTS) is 1. The maximum atomic E-state index is 13.4. The first-order chi connectivity index (χ1) is 12.3. The van der Waals surface area contributed by atoms with E-state index in [1.165, 1.54) is 6.07 Å². The molecule has 1 aromatic heterocycles. The van der Waals surface area contributed by atoms with Crippen molar-refractivity contribution in [3.8, 4) is 5.75 Å². The summed E-state index contributed by atoms with van der Waals surface area (Å²) in [6.45, 7) is 0. The van der Waals surface area contributed by atoms with Gasteiger partial charge in [0.1, 0.15) is 5.56 Å². The number of aromatic hydroxyl groups is 1. The van der Waals surface area contributed by atoms with Gasteiger partial charge in [0, 0.05) is 11.3 Å². The van der Waals surface area contributed by atoms with Crippen LogP contribution in [0.3, 0.4) is 0 Å². The highest BCUT2D eigenvalue weighted by Crippen LogP contribution is 2.45. The molecule has 1 heterocycles. The van der Waals surface area contributed by atoms with Crippen molar-refractivity contribution < 1.29 is 28.2 Å². The van der Waals surface area contributed by atoms with E-state index in [2.05, 4.69) is 4.98 Å². The molecule has 0 aliphatic heterocycles. The van der Waals surface area contributed by atoms with Crippen LogP contribution in [0.15, 0.2) is 42.5 Å². The van der Waals surface area contributed by atoms with E-state index in [-0.39, 0.29) is 11.1 Å². The molecule has 26 heavy (non-hydrogen) atoms. The van der Waals surface area contributed by atoms with Crippen LogP contribution >= 0.6 is 0 Å². The highest BCUT2D eigenvalue weighted by molar-refractivity contribution is 6.06. The number of carbonyl (C=O) groups is 1. The minimum Gasteiger partial charge on any atom is -0.505 e. The Balaban J connectivity index is 2.03. The second-order valence-electron chi connectivity index (χ2n) is 6.18. The molecule has 0 radical (unpaired) electrons. The van der Waals surface area contributed by atoms with Crippen molar-refractivity contribution in [1.82, 2.24) is 4.98 Å². The zero-order valence-electron chi connectivity index (χ0n) is 13.2. The fourth-order valence-corrected chi connectivity index (χ4v) is 3.49. The van der Waals surface area contributed by atoms with Crippen LogP contribution in [-0.4, -0.2) is 21.2 Å². The predicted octanol–water partition coefficient (Wildman–Crippen LogP) is 4.35. The van der Waals surface area contributed by atoms with Gasteiger partial charge in [0.05, 0.1) is 16.8 Å². The number of aromatic carboxylic acids is 1. The number of hydrogen-bond donors (Lipinski definition) is 2. The van der Waals surface area contributed by atoms with E-state index in [4.69, 9.17) is 0 Å². The van der Waals surface area contributed by atoms with Crippen LogP contribution in [0.25, 0.3) is 10.9 Å². The van der Waals surface area contributed by atoms with Crippen molar-refractivity contribution in [1.29, 1.82) is 0 Å². The molecule has 1 aliphatic carbocycles. The molecule has 1 atom stereocenters. The van der Waals surface area contributed by atoms with Crippen molar-refractivity contribution in [2.75, 3.05) is 0 Å². The number of aromatic nitrogens is 1. The minimum atomic E-state index is -4.69. The normalized spacial score (nSPS) is 16.2. The van der Waals surface area contributed by atoms with Crippen LogP contribution in [0, 0.1) is 0 Å². The first-order valence-electron chi connectivity index (χ1n) is 7.83. The third kappa shape index (κ3) is 2.31. The van der Waals surface area contributed by atoms with Crippen molar-refractivity contribution in [3.63, 3.8) is 0 Å². The predicted molar refractivity (Wildman–Crippen MR) is 87.4 cm³/mol. The van der Waals surface area contributed by atoms with Gasteiger partial charge in [-0.15, -0.1) is 0 Å². The zero-order valence-corrected chi connectivity index (χ0v) is 13.2. The third-order valence-corrected chi connectivity index (χ3v) is 4.72. The summed E-state index contributed by atoms with van der Waals surface area (Å²) in [5, 5.41) is 19.7. The standard InChI is InChI=1S/C19H12F3NO3/c20-19(21,22)13-7-3-6-11-14(18(25)26)17(24)16(23-15(11)13)12-8-9-4-1-2-5-10(9)12/h1-7,12,24H,8H2,(H,25,26). The molecule has 0 saturated carbocycles. The van der Waals surface area contributed by atoms with Gasteiger partial charge in [0.25, 0.3) is 0 Å². The molecule has 0 fully saturated rings. The van der Waals surface area contributed by atoms with E-state index in [1.54, 1.807) is 12.1 Å². The number of nitrogens with zero attached hydrogens (tertiary/aromatic N) is 1. The van der Waals surface area contributed by atoms with Crippen molar-refractivity contribution in [3.05, 3.63) is 70.4 Å². The number of alkyl halides is 3. The second kappa shape index (κ2) is 5.45. The highest BCUT2D eigenvalue weighted by Gasteiger charge is 2.37. The lowest BCUT2D eigenvalue weighted by molar-refractivity contribution is -0.136. The van der Waals surface area contributed by atoms with Gasteiger partial charge in [-0.1, -0.05) is 36.4 Å². The largest absolute Gasteiger partial charge is 0.505 e. The number of para-hydroxylation sites is 1. The summed E-state index contributed by atoms with van der Waals surface area (Å²) in [6.07, 6.45) is -4.20. The Labute approximate surface area is 145 Å². The smallest absolute Gasteiger partial charge is 0.418 e. The molecule has 2 aromatic carbocycles. The number of hydrogen-bond acceptors (Lipinski definition) is 3. The van der Waals surface area contributed by atoms with Gasteiger partial charge < -0.3 is 10.2 Å². The first-order valence-corrected chi connectivity index (χ1v) is 7.83. The van der Waals surface area contributed by atoms with Gasteiger partial charge in [0.15, 0.2) is 5.75 Å². The summed E-state index contributed by atoms with van der Waals surface area (Å²) < 4.78 is 40.1. The monoisotopic (exact) mass is 359 g/mol.